The fraction of sp³-hybridized carbons (Fsp3) is 0.143. The van der Waals surface area contributed by atoms with Crippen LogP contribution in [0.4, 0.5) is 11.4 Å². The van der Waals surface area contributed by atoms with E-state index in [9.17, 15) is 5.26 Å². The van der Waals surface area contributed by atoms with Crippen molar-refractivity contribution in [3.05, 3.63) is 41.4 Å². The van der Waals surface area contributed by atoms with E-state index >= 15 is 0 Å². The van der Waals surface area contributed by atoms with Gasteiger partial charge in [-0.25, -0.2) is 0 Å². The van der Waals surface area contributed by atoms with E-state index in [1.807, 2.05) is 38.1 Å². The number of nitrogens with one attached hydrogen (secondary N) is 1. The van der Waals surface area contributed by atoms with Crippen LogP contribution in [0.1, 0.15) is 17.1 Å². The van der Waals surface area contributed by atoms with Crippen LogP contribution in [0.2, 0.25) is 0 Å². The van der Waals surface area contributed by atoms with Crippen LogP contribution in [0.5, 0.6) is 0 Å². The lowest BCUT2D eigenvalue weighted by molar-refractivity contribution is 0.393. The summed E-state index contributed by atoms with van der Waals surface area (Å²) in [5.74, 6) is 0.660. The minimum atomic E-state index is 0.240. The van der Waals surface area contributed by atoms with Gasteiger partial charge in [0.05, 0.1) is 11.2 Å². The van der Waals surface area contributed by atoms with Gasteiger partial charge in [-0.3, -0.25) is 0 Å². The maximum atomic E-state index is 9.21. The fourth-order valence-corrected chi connectivity index (χ4v) is 2.04. The normalized spacial score (nSPS) is 10.4. The molecule has 0 atom stereocenters. The number of rotatable bonds is 2. The van der Waals surface area contributed by atoms with Gasteiger partial charge in [-0.1, -0.05) is 23.4 Å². The number of hydrogen-bond acceptors (Lipinski definition) is 6. The molecule has 0 bridgehead atoms. The fourth-order valence-electron chi connectivity index (χ4n) is 2.04. The number of aromatic nitrogens is 3. The second-order valence-corrected chi connectivity index (χ2v) is 4.38. The molecule has 0 aliphatic carbocycles. The number of aryl methyl sites for hydroxylation is 2. The molecule has 1 N–H and O–H groups in total. The van der Waals surface area contributed by atoms with Crippen LogP contribution in [0, 0.1) is 25.2 Å². The van der Waals surface area contributed by atoms with Crippen molar-refractivity contribution < 1.29 is 4.52 Å². The third kappa shape index (κ3) is 1.86. The van der Waals surface area contributed by atoms with Crippen LogP contribution in [-0.4, -0.2) is 15.4 Å². The van der Waals surface area contributed by atoms with Gasteiger partial charge in [0.15, 0.2) is 11.5 Å². The van der Waals surface area contributed by atoms with Crippen LogP contribution in [0.15, 0.2) is 28.8 Å². The van der Waals surface area contributed by atoms with E-state index in [1.54, 1.807) is 0 Å². The minimum absolute atomic E-state index is 0.240. The third-order valence-electron chi connectivity index (χ3n) is 3.06. The highest BCUT2D eigenvalue weighted by Crippen LogP contribution is 2.30. The van der Waals surface area contributed by atoms with E-state index in [2.05, 4.69) is 26.7 Å². The highest BCUT2D eigenvalue weighted by molar-refractivity contribution is 5.94. The van der Waals surface area contributed by atoms with Crippen molar-refractivity contribution in [3.63, 3.8) is 0 Å². The molecule has 0 aliphatic heterocycles. The number of benzene rings is 1. The number of nitrogens with zero attached hydrogens (tertiary/aromatic N) is 4. The molecule has 0 saturated heterocycles. The summed E-state index contributed by atoms with van der Waals surface area (Å²) >= 11 is 0. The summed E-state index contributed by atoms with van der Waals surface area (Å²) in [6.45, 7) is 3.65. The Bertz CT molecular complexity index is 812. The Morgan fingerprint density at radius 3 is 2.65 bits per heavy atom. The molecule has 0 aliphatic rings. The number of fused-ring (bicyclic) bond motifs is 1. The zero-order chi connectivity index (χ0) is 14.1. The molecule has 0 radical (unpaired) electrons. The maximum absolute atomic E-state index is 9.21. The van der Waals surface area contributed by atoms with Crippen molar-refractivity contribution in [1.82, 2.24) is 15.4 Å². The van der Waals surface area contributed by atoms with E-state index < -0.39 is 0 Å². The highest BCUT2D eigenvalue weighted by atomic mass is 16.5. The summed E-state index contributed by atoms with van der Waals surface area (Å²) in [5, 5.41) is 25.1. The van der Waals surface area contributed by atoms with Crippen LogP contribution in [0.3, 0.4) is 0 Å². The quantitative estimate of drug-likeness (QED) is 0.766. The van der Waals surface area contributed by atoms with E-state index in [1.165, 1.54) is 0 Å². The molecule has 6 nitrogen and oxygen atoms in total. The lowest BCUT2D eigenvalue weighted by Crippen LogP contribution is -2.01. The van der Waals surface area contributed by atoms with Crippen LogP contribution in [0.25, 0.3) is 10.9 Å². The largest absolute Gasteiger partial charge is 0.359 e. The summed E-state index contributed by atoms with van der Waals surface area (Å²) in [7, 11) is 0. The SMILES string of the molecule is Cc1noc(C)c1Nc1c(C#N)nnc2ccccc12. The second-order valence-electron chi connectivity index (χ2n) is 4.38. The second kappa shape index (κ2) is 4.63. The molecule has 98 valence electrons. The van der Waals surface area contributed by atoms with Gasteiger partial charge >= 0.3 is 0 Å². The summed E-state index contributed by atoms with van der Waals surface area (Å²) in [4.78, 5) is 0. The Morgan fingerprint density at radius 2 is 1.95 bits per heavy atom. The Hall–Kier alpha value is -2.94. The zero-order valence-corrected chi connectivity index (χ0v) is 11.0. The first-order chi connectivity index (χ1) is 9.70. The van der Waals surface area contributed by atoms with Crippen molar-refractivity contribution in [2.24, 2.45) is 0 Å². The average molecular weight is 265 g/mol. The molecule has 0 saturated carbocycles. The van der Waals surface area contributed by atoms with Crippen molar-refractivity contribution in [2.45, 2.75) is 13.8 Å². The molecule has 6 heteroatoms. The lowest BCUT2D eigenvalue weighted by Gasteiger charge is -2.09. The molecule has 0 spiro atoms. The standard InChI is InChI=1S/C14H11N5O/c1-8-13(9(2)20-19-8)16-14-10-5-3-4-6-11(10)17-18-12(14)7-15/h3-6H,1-2H3,(H,16,17). The smallest absolute Gasteiger partial charge is 0.187 e. The van der Waals surface area contributed by atoms with E-state index in [0.717, 1.165) is 22.3 Å². The summed E-state index contributed by atoms with van der Waals surface area (Å²) in [5.41, 5.74) is 3.06. The molecule has 20 heavy (non-hydrogen) atoms. The van der Waals surface area contributed by atoms with Crippen LogP contribution < -0.4 is 5.32 Å². The molecule has 3 aromatic rings. The predicted octanol–water partition coefficient (Wildman–Crippen LogP) is 2.85. The molecule has 1 aromatic carbocycles. The minimum Gasteiger partial charge on any atom is -0.359 e. The van der Waals surface area contributed by atoms with E-state index in [4.69, 9.17) is 4.52 Å². The highest BCUT2D eigenvalue weighted by Gasteiger charge is 2.15. The Kier molecular flexibility index (Phi) is 2.80. The monoisotopic (exact) mass is 265 g/mol. The predicted molar refractivity (Wildman–Crippen MR) is 73.5 cm³/mol. The van der Waals surface area contributed by atoms with Gasteiger partial charge in [0, 0.05) is 5.39 Å². The van der Waals surface area contributed by atoms with Crippen LogP contribution >= 0.6 is 0 Å². The Labute approximate surface area is 115 Å². The summed E-state index contributed by atoms with van der Waals surface area (Å²) in [6.07, 6.45) is 0. The molecule has 0 unspecified atom stereocenters. The molecule has 2 heterocycles. The molecule has 2 aromatic heterocycles. The average Bonchev–Trinajstić information content (AvgIpc) is 2.79. The first-order valence-corrected chi connectivity index (χ1v) is 6.06. The van der Waals surface area contributed by atoms with Gasteiger partial charge in [0.2, 0.25) is 0 Å². The van der Waals surface area contributed by atoms with E-state index in [0.29, 0.717) is 11.4 Å². The topological polar surface area (TPSA) is 87.6 Å². The Morgan fingerprint density at radius 1 is 1.15 bits per heavy atom. The zero-order valence-electron chi connectivity index (χ0n) is 11.0. The van der Waals surface area contributed by atoms with Crippen molar-refractivity contribution in [1.29, 1.82) is 5.26 Å². The van der Waals surface area contributed by atoms with Crippen LogP contribution in [-0.2, 0) is 0 Å². The van der Waals surface area contributed by atoms with Crippen molar-refractivity contribution in [2.75, 3.05) is 5.32 Å². The van der Waals surface area contributed by atoms with Gasteiger partial charge in [0.25, 0.3) is 0 Å². The van der Waals surface area contributed by atoms with Gasteiger partial charge in [-0.05, 0) is 19.9 Å². The lowest BCUT2D eigenvalue weighted by atomic mass is 10.1. The van der Waals surface area contributed by atoms with Gasteiger partial charge in [-0.15, -0.1) is 10.2 Å². The number of nitriles is 1. The summed E-state index contributed by atoms with van der Waals surface area (Å²) < 4.78 is 5.12. The molecular formula is C14H11N5O. The van der Waals surface area contributed by atoms with E-state index in [-0.39, 0.29) is 5.69 Å². The Balaban J connectivity index is 2.22. The molecule has 0 fully saturated rings. The first kappa shape index (κ1) is 12.1. The number of anilines is 2. The first-order valence-electron chi connectivity index (χ1n) is 6.06. The van der Waals surface area contributed by atoms with Gasteiger partial charge < -0.3 is 9.84 Å². The van der Waals surface area contributed by atoms with Gasteiger partial charge in [-0.2, -0.15) is 5.26 Å². The van der Waals surface area contributed by atoms with Gasteiger partial charge in [0.1, 0.15) is 17.5 Å². The molecular weight excluding hydrogens is 254 g/mol. The third-order valence-corrected chi connectivity index (χ3v) is 3.06. The molecule has 3 rings (SSSR count). The molecule has 0 amide bonds. The maximum Gasteiger partial charge on any atom is 0.187 e. The van der Waals surface area contributed by atoms with Crippen molar-refractivity contribution in [3.8, 4) is 6.07 Å². The summed E-state index contributed by atoms with van der Waals surface area (Å²) in [6, 6.07) is 9.57. The number of hydrogen-bond donors (Lipinski definition) is 1. The van der Waals surface area contributed by atoms with Crippen molar-refractivity contribution >= 4 is 22.3 Å².